The van der Waals surface area contributed by atoms with Gasteiger partial charge in [0, 0.05) is 24.3 Å². The van der Waals surface area contributed by atoms with Gasteiger partial charge < -0.3 is 9.64 Å². The summed E-state index contributed by atoms with van der Waals surface area (Å²) in [6.45, 7) is -0.203. The quantitative estimate of drug-likeness (QED) is 0.591. The van der Waals surface area contributed by atoms with Gasteiger partial charge in [-0.3, -0.25) is 19.1 Å². The monoisotopic (exact) mass is 429 g/mol. The molecule has 0 unspecified atom stereocenters. The van der Waals surface area contributed by atoms with Crippen LogP contribution in [-0.4, -0.2) is 29.7 Å². The molecule has 0 aliphatic carbocycles. The van der Waals surface area contributed by atoms with Gasteiger partial charge in [-0.1, -0.05) is 17.8 Å². The SMILES string of the molecule is COC(=O)Cn1c(=Cc2ccncc2)sc(=C2Sc3cccc(F)c3N2C)c1=O. The van der Waals surface area contributed by atoms with E-state index in [4.69, 9.17) is 4.74 Å². The summed E-state index contributed by atoms with van der Waals surface area (Å²) < 4.78 is 21.5. The number of thioether (sulfide) groups is 1. The highest BCUT2D eigenvalue weighted by Gasteiger charge is 2.27. The smallest absolute Gasteiger partial charge is 0.325 e. The fourth-order valence-electron chi connectivity index (χ4n) is 2.99. The van der Waals surface area contributed by atoms with E-state index in [1.165, 1.54) is 40.8 Å². The van der Waals surface area contributed by atoms with Crippen LogP contribution in [0.15, 0.2) is 52.4 Å². The number of ether oxygens (including phenoxy) is 1. The molecule has 1 aliphatic rings. The first kappa shape index (κ1) is 19.4. The maximum Gasteiger partial charge on any atom is 0.325 e. The molecular weight excluding hydrogens is 413 g/mol. The van der Waals surface area contributed by atoms with E-state index in [1.54, 1.807) is 42.5 Å². The summed E-state index contributed by atoms with van der Waals surface area (Å²) >= 11 is 2.59. The number of methoxy groups -OCH3 is 1. The van der Waals surface area contributed by atoms with Crippen LogP contribution >= 0.6 is 23.1 Å². The lowest BCUT2D eigenvalue weighted by atomic mass is 10.3. The molecule has 2 aromatic heterocycles. The number of carbonyl (C=O) groups excluding carboxylic acids is 1. The maximum absolute atomic E-state index is 14.3. The van der Waals surface area contributed by atoms with Gasteiger partial charge in [-0.05, 0) is 35.9 Å². The van der Waals surface area contributed by atoms with Gasteiger partial charge >= 0.3 is 5.97 Å². The van der Waals surface area contributed by atoms with Crippen molar-refractivity contribution in [3.05, 3.63) is 73.7 Å². The van der Waals surface area contributed by atoms with Crippen LogP contribution in [0.4, 0.5) is 10.1 Å². The second-order valence-corrected chi connectivity index (χ2v) is 8.28. The molecule has 6 nitrogen and oxygen atoms in total. The van der Waals surface area contributed by atoms with Crippen molar-refractivity contribution in [2.24, 2.45) is 0 Å². The molecule has 29 heavy (non-hydrogen) atoms. The third kappa shape index (κ3) is 3.58. The zero-order valence-corrected chi connectivity index (χ0v) is 17.2. The average Bonchev–Trinajstić information content (AvgIpc) is 3.21. The third-order valence-electron chi connectivity index (χ3n) is 4.41. The maximum atomic E-state index is 14.3. The van der Waals surface area contributed by atoms with E-state index in [9.17, 15) is 14.0 Å². The van der Waals surface area contributed by atoms with Crippen molar-refractivity contribution in [2.45, 2.75) is 11.4 Å². The molecule has 0 radical (unpaired) electrons. The number of hydrogen-bond donors (Lipinski definition) is 0. The molecule has 3 aromatic rings. The number of rotatable bonds is 3. The van der Waals surface area contributed by atoms with E-state index in [0.717, 1.165) is 10.5 Å². The molecule has 9 heteroatoms. The summed E-state index contributed by atoms with van der Waals surface area (Å²) in [6.07, 6.45) is 5.11. The number of pyridine rings is 1. The van der Waals surface area contributed by atoms with Crippen molar-refractivity contribution in [3.8, 4) is 0 Å². The Kier molecular flexibility index (Phi) is 5.25. The van der Waals surface area contributed by atoms with E-state index in [0.29, 0.717) is 19.9 Å². The van der Waals surface area contributed by atoms with Gasteiger partial charge in [0.15, 0.2) is 0 Å². The molecule has 0 fully saturated rings. The lowest BCUT2D eigenvalue weighted by Gasteiger charge is -2.12. The molecule has 0 saturated heterocycles. The number of anilines is 1. The Morgan fingerprint density at radius 2 is 2.03 bits per heavy atom. The van der Waals surface area contributed by atoms with Crippen molar-refractivity contribution < 1.29 is 13.9 Å². The second kappa shape index (κ2) is 7.84. The van der Waals surface area contributed by atoms with E-state index < -0.39 is 5.97 Å². The summed E-state index contributed by atoms with van der Waals surface area (Å²) in [7, 11) is 3.01. The lowest BCUT2D eigenvalue weighted by Crippen LogP contribution is -2.36. The molecule has 0 atom stereocenters. The lowest BCUT2D eigenvalue weighted by molar-refractivity contribution is -0.141. The summed E-state index contributed by atoms with van der Waals surface area (Å²) in [4.78, 5) is 31.5. The van der Waals surface area contributed by atoms with Crippen LogP contribution < -0.4 is 19.7 Å². The number of para-hydroxylation sites is 1. The van der Waals surface area contributed by atoms with Crippen LogP contribution in [0, 0.1) is 5.82 Å². The van der Waals surface area contributed by atoms with Crippen LogP contribution in [0.25, 0.3) is 11.1 Å². The van der Waals surface area contributed by atoms with Crippen LogP contribution in [-0.2, 0) is 16.1 Å². The summed E-state index contributed by atoms with van der Waals surface area (Å²) in [5, 5.41) is 0.632. The van der Waals surface area contributed by atoms with Crippen molar-refractivity contribution in [1.29, 1.82) is 0 Å². The van der Waals surface area contributed by atoms with Crippen molar-refractivity contribution in [2.75, 3.05) is 19.1 Å². The van der Waals surface area contributed by atoms with E-state index in [1.807, 2.05) is 12.1 Å². The first-order valence-electron chi connectivity index (χ1n) is 8.62. The largest absolute Gasteiger partial charge is 0.468 e. The first-order chi connectivity index (χ1) is 14.0. The van der Waals surface area contributed by atoms with Crippen LogP contribution in [0.3, 0.4) is 0 Å². The van der Waals surface area contributed by atoms with Crippen molar-refractivity contribution in [3.63, 3.8) is 0 Å². The minimum absolute atomic E-state index is 0.203. The zero-order valence-electron chi connectivity index (χ0n) is 15.6. The number of hydrogen-bond acceptors (Lipinski definition) is 7. The molecule has 148 valence electrons. The minimum Gasteiger partial charge on any atom is -0.468 e. The molecule has 0 spiro atoms. The van der Waals surface area contributed by atoms with E-state index in [2.05, 4.69) is 4.98 Å². The predicted octanol–water partition coefficient (Wildman–Crippen LogP) is 1.75. The zero-order chi connectivity index (χ0) is 20.5. The predicted molar refractivity (Wildman–Crippen MR) is 112 cm³/mol. The number of nitrogens with zero attached hydrogens (tertiary/aromatic N) is 3. The van der Waals surface area contributed by atoms with Gasteiger partial charge in [0.2, 0.25) is 0 Å². The average molecular weight is 429 g/mol. The van der Waals surface area contributed by atoms with Gasteiger partial charge in [-0.25, -0.2) is 4.39 Å². The number of fused-ring (bicyclic) bond motifs is 1. The van der Waals surface area contributed by atoms with Crippen LogP contribution in [0.5, 0.6) is 0 Å². The van der Waals surface area contributed by atoms with Gasteiger partial charge in [0.05, 0.1) is 17.5 Å². The second-order valence-electron chi connectivity index (χ2n) is 6.21. The molecule has 3 heterocycles. The van der Waals surface area contributed by atoms with E-state index in [-0.39, 0.29) is 17.9 Å². The van der Waals surface area contributed by atoms with E-state index >= 15 is 0 Å². The highest BCUT2D eigenvalue weighted by molar-refractivity contribution is 8.08. The van der Waals surface area contributed by atoms with Gasteiger partial charge in [-0.15, -0.1) is 11.3 Å². The van der Waals surface area contributed by atoms with Crippen molar-refractivity contribution in [1.82, 2.24) is 9.55 Å². The number of carbonyl (C=O) groups is 1. The normalized spacial score (nSPS) is 15.6. The topological polar surface area (TPSA) is 64.4 Å². The number of halogens is 1. The third-order valence-corrected chi connectivity index (χ3v) is 6.88. The molecule has 0 bridgehead atoms. The summed E-state index contributed by atoms with van der Waals surface area (Å²) in [6, 6.07) is 8.47. The Balaban J connectivity index is 1.95. The minimum atomic E-state index is -0.521. The van der Waals surface area contributed by atoms with Gasteiger partial charge in [0.1, 0.15) is 21.9 Å². The summed E-state index contributed by atoms with van der Waals surface area (Å²) in [5.41, 5.74) is 0.973. The number of benzene rings is 1. The fraction of sp³-hybridized carbons (Fsp3) is 0.150. The molecule has 4 rings (SSSR count). The Bertz CT molecular complexity index is 1270. The highest BCUT2D eigenvalue weighted by Crippen LogP contribution is 2.46. The number of esters is 1. The fourth-order valence-corrected chi connectivity index (χ4v) is 5.42. The number of aromatic nitrogens is 2. The Hall–Kier alpha value is -2.91. The van der Waals surface area contributed by atoms with Crippen LogP contribution in [0.2, 0.25) is 0 Å². The molecule has 1 aliphatic heterocycles. The molecule has 0 N–H and O–H groups in total. The Morgan fingerprint density at radius 3 is 2.72 bits per heavy atom. The number of thiazole rings is 1. The molecular formula is C20H16FN3O3S2. The molecule has 0 amide bonds. The standard InChI is InChI=1S/C20H16FN3O3S2/c1-23-17-13(21)4-3-5-14(17)28-20(23)18-19(26)24(11-16(25)27-2)15(29-18)10-12-6-8-22-9-7-12/h3-10H,11H2,1-2H3. The molecule has 1 aromatic carbocycles. The van der Waals surface area contributed by atoms with Crippen LogP contribution in [0.1, 0.15) is 5.56 Å². The van der Waals surface area contributed by atoms with Crippen molar-refractivity contribution >= 4 is 45.9 Å². The Labute approximate surface area is 173 Å². The first-order valence-corrected chi connectivity index (χ1v) is 10.3. The molecule has 0 saturated carbocycles. The van der Waals surface area contributed by atoms with Gasteiger partial charge in [-0.2, -0.15) is 0 Å². The highest BCUT2D eigenvalue weighted by atomic mass is 32.2. The van der Waals surface area contributed by atoms with Gasteiger partial charge in [0.25, 0.3) is 5.56 Å². The summed E-state index contributed by atoms with van der Waals surface area (Å²) in [5.74, 6) is -0.866. The Morgan fingerprint density at radius 1 is 1.28 bits per heavy atom.